The SMILES string of the molecule is [C]1=CCC=CCC=CC=CCCCC1. The van der Waals surface area contributed by atoms with E-state index in [0.29, 0.717) is 0 Å². The Morgan fingerprint density at radius 2 is 1.64 bits per heavy atom. The van der Waals surface area contributed by atoms with Crippen LogP contribution in [0.15, 0.2) is 42.5 Å². The predicted molar refractivity (Wildman–Crippen MR) is 62.9 cm³/mol. The van der Waals surface area contributed by atoms with Crippen molar-refractivity contribution in [1.82, 2.24) is 0 Å². The summed E-state index contributed by atoms with van der Waals surface area (Å²) in [5.41, 5.74) is 0. The summed E-state index contributed by atoms with van der Waals surface area (Å²) in [4.78, 5) is 0. The molecule has 14 heavy (non-hydrogen) atoms. The molecule has 0 saturated heterocycles. The Kier molecular flexibility index (Phi) is 6.74. The van der Waals surface area contributed by atoms with Gasteiger partial charge in [0.1, 0.15) is 0 Å². The molecule has 0 unspecified atom stereocenters. The van der Waals surface area contributed by atoms with Gasteiger partial charge in [0.25, 0.3) is 0 Å². The fourth-order valence-corrected chi connectivity index (χ4v) is 1.35. The van der Waals surface area contributed by atoms with Gasteiger partial charge in [-0.05, 0) is 44.6 Å². The van der Waals surface area contributed by atoms with Gasteiger partial charge < -0.3 is 0 Å². The Bertz CT molecular complexity index is 228. The average molecular weight is 187 g/mol. The Balaban J connectivity index is 2.35. The van der Waals surface area contributed by atoms with Crippen molar-refractivity contribution in [2.45, 2.75) is 38.5 Å². The minimum atomic E-state index is 1.03. The number of rotatable bonds is 0. The lowest BCUT2D eigenvalue weighted by atomic mass is 10.1. The van der Waals surface area contributed by atoms with Gasteiger partial charge in [-0.3, -0.25) is 0 Å². The molecule has 0 fully saturated rings. The van der Waals surface area contributed by atoms with Crippen molar-refractivity contribution < 1.29 is 0 Å². The standard InChI is InChI=1S/C14H19/c1-2-4-6-8-10-12-14-13-11-9-7-5-3-1/h1-4,7,9,13H,5-6,8,10-12H2. The summed E-state index contributed by atoms with van der Waals surface area (Å²) >= 11 is 0. The molecular weight excluding hydrogens is 168 g/mol. The summed E-state index contributed by atoms with van der Waals surface area (Å²) in [7, 11) is 0. The van der Waals surface area contributed by atoms with E-state index in [1.165, 1.54) is 19.3 Å². The molecule has 0 aromatic heterocycles. The minimum absolute atomic E-state index is 1.03. The Hall–Kier alpha value is -1.04. The molecule has 0 heteroatoms. The van der Waals surface area contributed by atoms with Gasteiger partial charge in [0, 0.05) is 0 Å². The van der Waals surface area contributed by atoms with Crippen LogP contribution in [0.2, 0.25) is 0 Å². The monoisotopic (exact) mass is 187 g/mol. The van der Waals surface area contributed by atoms with E-state index in [9.17, 15) is 0 Å². The van der Waals surface area contributed by atoms with Crippen LogP contribution >= 0.6 is 0 Å². The maximum Gasteiger partial charge on any atom is -0.0163 e. The van der Waals surface area contributed by atoms with Gasteiger partial charge in [-0.15, -0.1) is 0 Å². The first kappa shape index (κ1) is 11.0. The summed E-state index contributed by atoms with van der Waals surface area (Å²) in [6.07, 6.45) is 25.5. The summed E-state index contributed by atoms with van der Waals surface area (Å²) < 4.78 is 0. The molecule has 1 aliphatic rings. The first-order chi connectivity index (χ1) is 7.00. The van der Waals surface area contributed by atoms with Crippen molar-refractivity contribution in [2.75, 3.05) is 0 Å². The van der Waals surface area contributed by atoms with Gasteiger partial charge in [0.15, 0.2) is 0 Å². The van der Waals surface area contributed by atoms with Crippen LogP contribution in [0.4, 0.5) is 0 Å². The molecular formula is C14H19. The zero-order valence-corrected chi connectivity index (χ0v) is 8.78. The normalized spacial score (nSPS) is 19.4. The van der Waals surface area contributed by atoms with Crippen LogP contribution in [0.25, 0.3) is 0 Å². The van der Waals surface area contributed by atoms with E-state index < -0.39 is 0 Å². The van der Waals surface area contributed by atoms with Gasteiger partial charge >= 0.3 is 0 Å². The maximum atomic E-state index is 3.32. The molecule has 0 saturated carbocycles. The van der Waals surface area contributed by atoms with E-state index in [2.05, 4.69) is 48.6 Å². The highest BCUT2D eigenvalue weighted by molar-refractivity contribution is 5.05. The van der Waals surface area contributed by atoms with Crippen LogP contribution < -0.4 is 0 Å². The topological polar surface area (TPSA) is 0 Å². The van der Waals surface area contributed by atoms with Gasteiger partial charge in [0.2, 0.25) is 0 Å². The van der Waals surface area contributed by atoms with Crippen molar-refractivity contribution in [3.63, 3.8) is 0 Å². The van der Waals surface area contributed by atoms with E-state index >= 15 is 0 Å². The first-order valence-corrected chi connectivity index (χ1v) is 5.52. The molecule has 0 atom stereocenters. The fourth-order valence-electron chi connectivity index (χ4n) is 1.35. The second-order valence-corrected chi connectivity index (χ2v) is 3.45. The Morgan fingerprint density at radius 1 is 0.786 bits per heavy atom. The Labute approximate surface area is 87.7 Å². The molecule has 1 aliphatic carbocycles. The average Bonchev–Trinajstić information content (AvgIpc) is 2.22. The molecule has 0 aromatic carbocycles. The third kappa shape index (κ3) is 6.47. The molecule has 0 aliphatic heterocycles. The van der Waals surface area contributed by atoms with Gasteiger partial charge in [-0.25, -0.2) is 0 Å². The second-order valence-electron chi connectivity index (χ2n) is 3.45. The Morgan fingerprint density at radius 3 is 2.64 bits per heavy atom. The van der Waals surface area contributed by atoms with Crippen molar-refractivity contribution in [3.8, 4) is 0 Å². The first-order valence-electron chi connectivity index (χ1n) is 5.52. The third-order valence-corrected chi connectivity index (χ3v) is 2.16. The number of allylic oxidation sites excluding steroid dienone is 8. The molecule has 0 amide bonds. The maximum absolute atomic E-state index is 3.32. The van der Waals surface area contributed by atoms with E-state index in [1.54, 1.807) is 0 Å². The minimum Gasteiger partial charge on any atom is -0.0845 e. The van der Waals surface area contributed by atoms with Crippen molar-refractivity contribution in [1.29, 1.82) is 0 Å². The van der Waals surface area contributed by atoms with Gasteiger partial charge in [-0.1, -0.05) is 42.5 Å². The van der Waals surface area contributed by atoms with Gasteiger partial charge in [-0.2, -0.15) is 0 Å². The fraction of sp³-hybridized carbons (Fsp3) is 0.429. The van der Waals surface area contributed by atoms with Crippen LogP contribution in [0, 0.1) is 6.08 Å². The molecule has 75 valence electrons. The summed E-state index contributed by atoms with van der Waals surface area (Å²) in [6.45, 7) is 0. The highest BCUT2D eigenvalue weighted by atomic mass is 13.9. The smallest absolute Gasteiger partial charge is 0.0163 e. The number of hydrogen-bond donors (Lipinski definition) is 0. The molecule has 1 radical (unpaired) electrons. The van der Waals surface area contributed by atoms with E-state index in [4.69, 9.17) is 0 Å². The lowest BCUT2D eigenvalue weighted by Crippen LogP contribution is -1.73. The summed E-state index contributed by atoms with van der Waals surface area (Å²) in [6, 6.07) is 0. The lowest BCUT2D eigenvalue weighted by Gasteiger charge is -1.92. The van der Waals surface area contributed by atoms with Crippen LogP contribution in [-0.4, -0.2) is 0 Å². The quantitative estimate of drug-likeness (QED) is 0.494. The predicted octanol–water partition coefficient (Wildman–Crippen LogP) is 4.37. The molecule has 0 spiro atoms. The van der Waals surface area contributed by atoms with Crippen LogP contribution in [0.1, 0.15) is 38.5 Å². The zero-order chi connectivity index (χ0) is 9.90. The summed E-state index contributed by atoms with van der Waals surface area (Å²) in [5, 5.41) is 0. The van der Waals surface area contributed by atoms with Crippen LogP contribution in [-0.2, 0) is 0 Å². The van der Waals surface area contributed by atoms with Crippen molar-refractivity contribution in [2.24, 2.45) is 0 Å². The lowest BCUT2D eigenvalue weighted by molar-refractivity contribution is 0.753. The molecule has 0 aromatic rings. The van der Waals surface area contributed by atoms with Crippen LogP contribution in [0.5, 0.6) is 0 Å². The molecule has 0 bridgehead atoms. The second kappa shape index (κ2) is 8.55. The van der Waals surface area contributed by atoms with Crippen molar-refractivity contribution >= 4 is 0 Å². The van der Waals surface area contributed by atoms with Crippen LogP contribution in [0.3, 0.4) is 0 Å². The highest BCUT2D eigenvalue weighted by Gasteiger charge is 1.83. The highest BCUT2D eigenvalue weighted by Crippen LogP contribution is 2.02. The number of hydrogen-bond acceptors (Lipinski definition) is 0. The van der Waals surface area contributed by atoms with Gasteiger partial charge in [0.05, 0.1) is 0 Å². The third-order valence-electron chi connectivity index (χ3n) is 2.16. The largest absolute Gasteiger partial charge is 0.0845 e. The molecule has 0 heterocycles. The molecule has 0 nitrogen and oxygen atoms in total. The van der Waals surface area contributed by atoms with E-state index in [-0.39, 0.29) is 0 Å². The zero-order valence-electron chi connectivity index (χ0n) is 8.78. The van der Waals surface area contributed by atoms with E-state index in [0.717, 1.165) is 19.3 Å². The molecule has 1 rings (SSSR count). The summed E-state index contributed by atoms with van der Waals surface area (Å²) in [5.74, 6) is 0. The van der Waals surface area contributed by atoms with E-state index in [1.807, 2.05) is 0 Å². The van der Waals surface area contributed by atoms with Crippen molar-refractivity contribution in [3.05, 3.63) is 48.6 Å². The molecule has 0 N–H and O–H groups in total.